The summed E-state index contributed by atoms with van der Waals surface area (Å²) in [6, 6.07) is 6.56. The highest BCUT2D eigenvalue weighted by Crippen LogP contribution is 2.20. The van der Waals surface area contributed by atoms with Crippen LogP contribution < -0.4 is 5.32 Å². The average Bonchev–Trinajstić information content (AvgIpc) is 2.85. The second-order valence-corrected chi connectivity index (χ2v) is 5.15. The minimum atomic E-state index is -0.335. The number of likely N-dealkylation sites (N-methyl/N-ethyl adjacent to an activating group) is 1. The highest BCUT2D eigenvalue weighted by atomic mass is 32.1. The third-order valence-electron chi connectivity index (χ3n) is 2.86. The van der Waals surface area contributed by atoms with E-state index in [1.165, 1.54) is 4.88 Å². The molecule has 1 aromatic heterocycles. The summed E-state index contributed by atoms with van der Waals surface area (Å²) < 4.78 is 0. The van der Waals surface area contributed by atoms with Crippen molar-refractivity contribution in [2.75, 3.05) is 20.1 Å². The summed E-state index contributed by atoms with van der Waals surface area (Å²) in [5, 5.41) is 14.7. The van der Waals surface area contributed by atoms with Gasteiger partial charge in [0, 0.05) is 24.5 Å². The molecule has 1 aromatic rings. The van der Waals surface area contributed by atoms with Gasteiger partial charge >= 0.3 is 0 Å². The van der Waals surface area contributed by atoms with Crippen LogP contribution in [0.4, 0.5) is 0 Å². The minimum Gasteiger partial charge on any atom is -0.303 e. The summed E-state index contributed by atoms with van der Waals surface area (Å²) in [4.78, 5) is 3.49. The Labute approximate surface area is 94.3 Å². The van der Waals surface area contributed by atoms with Gasteiger partial charge in [0.15, 0.2) is 0 Å². The lowest BCUT2D eigenvalue weighted by atomic mass is 10.0. The van der Waals surface area contributed by atoms with E-state index in [0.717, 1.165) is 26.1 Å². The predicted molar refractivity (Wildman–Crippen MR) is 61.6 cm³/mol. The van der Waals surface area contributed by atoms with Crippen LogP contribution in [0.2, 0.25) is 0 Å². The van der Waals surface area contributed by atoms with Crippen molar-refractivity contribution in [3.63, 3.8) is 0 Å². The molecule has 0 aliphatic carbocycles. The van der Waals surface area contributed by atoms with E-state index in [1.54, 1.807) is 11.3 Å². The summed E-state index contributed by atoms with van der Waals surface area (Å²) in [6.45, 7) is 2.64. The highest BCUT2D eigenvalue weighted by Gasteiger charge is 2.36. The monoisotopic (exact) mass is 221 g/mol. The van der Waals surface area contributed by atoms with E-state index in [9.17, 15) is 5.26 Å². The topological polar surface area (TPSA) is 39.1 Å². The number of hydrogen-bond acceptors (Lipinski definition) is 4. The molecule has 1 N–H and O–H groups in total. The Balaban J connectivity index is 1.95. The molecule has 0 radical (unpaired) electrons. The van der Waals surface area contributed by atoms with Gasteiger partial charge in [-0.2, -0.15) is 5.26 Å². The first-order chi connectivity index (χ1) is 7.24. The van der Waals surface area contributed by atoms with Gasteiger partial charge in [0.1, 0.15) is 5.54 Å². The van der Waals surface area contributed by atoms with Gasteiger partial charge in [-0.05, 0) is 24.9 Å². The average molecular weight is 221 g/mol. The zero-order valence-corrected chi connectivity index (χ0v) is 9.68. The van der Waals surface area contributed by atoms with Crippen LogP contribution in [-0.2, 0) is 6.54 Å². The lowest BCUT2D eigenvalue weighted by Crippen LogP contribution is -2.45. The van der Waals surface area contributed by atoms with Crippen LogP contribution in [0.15, 0.2) is 17.5 Å². The smallest absolute Gasteiger partial charge is 0.121 e. The van der Waals surface area contributed by atoms with Crippen molar-refractivity contribution in [2.24, 2.45) is 0 Å². The molecule has 80 valence electrons. The van der Waals surface area contributed by atoms with Crippen LogP contribution in [0.1, 0.15) is 11.3 Å². The van der Waals surface area contributed by atoms with Crippen LogP contribution in [-0.4, -0.2) is 30.6 Å². The van der Waals surface area contributed by atoms with Gasteiger partial charge < -0.3 is 4.90 Å². The summed E-state index contributed by atoms with van der Waals surface area (Å²) in [7, 11) is 2.06. The Morgan fingerprint density at radius 3 is 3.13 bits per heavy atom. The van der Waals surface area contributed by atoms with Crippen LogP contribution in [0.25, 0.3) is 0 Å². The molecule has 2 heterocycles. The first kappa shape index (κ1) is 10.6. The molecule has 2 rings (SSSR count). The number of hydrogen-bond donors (Lipinski definition) is 1. The van der Waals surface area contributed by atoms with E-state index in [0.29, 0.717) is 0 Å². The Hall–Kier alpha value is -0.890. The van der Waals surface area contributed by atoms with Crippen LogP contribution >= 0.6 is 11.3 Å². The van der Waals surface area contributed by atoms with Crippen molar-refractivity contribution in [2.45, 2.75) is 18.5 Å². The van der Waals surface area contributed by atoms with Crippen molar-refractivity contribution in [1.29, 1.82) is 5.26 Å². The fourth-order valence-corrected chi connectivity index (χ4v) is 2.59. The van der Waals surface area contributed by atoms with Gasteiger partial charge in [-0.3, -0.25) is 5.32 Å². The molecule has 0 aromatic carbocycles. The molecule has 3 nitrogen and oxygen atoms in total. The normalized spacial score (nSPS) is 26.7. The third kappa shape index (κ3) is 2.37. The molecule has 1 unspecified atom stereocenters. The Morgan fingerprint density at radius 2 is 2.60 bits per heavy atom. The van der Waals surface area contributed by atoms with Gasteiger partial charge in [0.2, 0.25) is 0 Å². The standard InChI is InChI=1S/C11H15N3S/c1-14-5-4-11(8-12,9-14)13-7-10-3-2-6-15-10/h2-3,6,13H,4-5,7,9H2,1H3. The Morgan fingerprint density at radius 1 is 1.73 bits per heavy atom. The predicted octanol–water partition coefficient (Wildman–Crippen LogP) is 1.44. The molecule has 0 amide bonds. The first-order valence-electron chi connectivity index (χ1n) is 5.11. The molecule has 1 atom stereocenters. The Bertz CT molecular complexity index is 354. The van der Waals surface area contributed by atoms with Gasteiger partial charge in [-0.25, -0.2) is 0 Å². The number of nitrogens with one attached hydrogen (secondary N) is 1. The lowest BCUT2D eigenvalue weighted by Gasteiger charge is -2.21. The SMILES string of the molecule is CN1CCC(C#N)(NCc2cccs2)C1. The lowest BCUT2D eigenvalue weighted by molar-refractivity contribution is 0.364. The second-order valence-electron chi connectivity index (χ2n) is 4.11. The van der Waals surface area contributed by atoms with Gasteiger partial charge in [0.25, 0.3) is 0 Å². The zero-order valence-electron chi connectivity index (χ0n) is 8.86. The highest BCUT2D eigenvalue weighted by molar-refractivity contribution is 7.09. The van der Waals surface area contributed by atoms with Crippen molar-refractivity contribution in [3.8, 4) is 6.07 Å². The molecule has 4 heteroatoms. The molecule has 15 heavy (non-hydrogen) atoms. The van der Waals surface area contributed by atoms with Gasteiger partial charge in [-0.1, -0.05) is 6.07 Å². The molecular formula is C11H15N3S. The van der Waals surface area contributed by atoms with Crippen molar-refractivity contribution in [1.82, 2.24) is 10.2 Å². The molecular weight excluding hydrogens is 206 g/mol. The molecule has 1 aliphatic rings. The largest absolute Gasteiger partial charge is 0.303 e. The fourth-order valence-electron chi connectivity index (χ4n) is 1.95. The zero-order chi connectivity index (χ0) is 10.7. The molecule has 1 aliphatic heterocycles. The van der Waals surface area contributed by atoms with Crippen molar-refractivity contribution in [3.05, 3.63) is 22.4 Å². The van der Waals surface area contributed by atoms with Crippen molar-refractivity contribution < 1.29 is 0 Å². The van der Waals surface area contributed by atoms with Crippen molar-refractivity contribution >= 4 is 11.3 Å². The summed E-state index contributed by atoms with van der Waals surface area (Å²) in [5.74, 6) is 0. The summed E-state index contributed by atoms with van der Waals surface area (Å²) >= 11 is 1.73. The maximum atomic E-state index is 9.23. The second kappa shape index (κ2) is 4.31. The number of thiophene rings is 1. The van der Waals surface area contributed by atoms with Crippen LogP contribution in [0.5, 0.6) is 0 Å². The van der Waals surface area contributed by atoms with Gasteiger partial charge in [0.05, 0.1) is 6.07 Å². The van der Waals surface area contributed by atoms with E-state index in [1.807, 2.05) is 6.07 Å². The van der Waals surface area contributed by atoms with E-state index in [2.05, 4.69) is 34.8 Å². The van der Waals surface area contributed by atoms with Crippen LogP contribution in [0.3, 0.4) is 0 Å². The summed E-state index contributed by atoms with van der Waals surface area (Å²) in [5.41, 5.74) is -0.335. The van der Waals surface area contributed by atoms with E-state index in [-0.39, 0.29) is 5.54 Å². The fraction of sp³-hybridized carbons (Fsp3) is 0.545. The first-order valence-corrected chi connectivity index (χ1v) is 5.99. The number of rotatable bonds is 3. The molecule has 0 spiro atoms. The van der Waals surface area contributed by atoms with Crippen LogP contribution in [0, 0.1) is 11.3 Å². The quantitative estimate of drug-likeness (QED) is 0.839. The van der Waals surface area contributed by atoms with E-state index >= 15 is 0 Å². The van der Waals surface area contributed by atoms with E-state index < -0.39 is 0 Å². The Kier molecular flexibility index (Phi) is 3.06. The summed E-state index contributed by atoms with van der Waals surface area (Å²) in [6.07, 6.45) is 0.922. The number of likely N-dealkylation sites (tertiary alicyclic amines) is 1. The van der Waals surface area contributed by atoms with E-state index in [4.69, 9.17) is 0 Å². The van der Waals surface area contributed by atoms with Gasteiger partial charge in [-0.15, -0.1) is 11.3 Å². The molecule has 1 fully saturated rings. The molecule has 0 bridgehead atoms. The maximum absolute atomic E-state index is 9.23. The molecule has 0 saturated carbocycles. The number of nitrogens with zero attached hydrogens (tertiary/aromatic N) is 2. The number of nitriles is 1. The maximum Gasteiger partial charge on any atom is 0.121 e. The molecule has 1 saturated heterocycles. The minimum absolute atomic E-state index is 0.335. The third-order valence-corrected chi connectivity index (χ3v) is 3.73.